The van der Waals surface area contributed by atoms with Gasteiger partial charge in [-0.2, -0.15) is 0 Å². The van der Waals surface area contributed by atoms with Gasteiger partial charge in [0.05, 0.1) is 7.11 Å². The Labute approximate surface area is 183 Å². The lowest BCUT2D eigenvalue weighted by molar-refractivity contribution is 0.414. The second-order valence-electron chi connectivity index (χ2n) is 7.55. The first-order valence-corrected chi connectivity index (χ1v) is 10.9. The van der Waals surface area contributed by atoms with Crippen molar-refractivity contribution < 1.29 is 4.74 Å². The Bertz CT molecular complexity index is 1010. The molecule has 3 aromatic rings. The number of benzene rings is 2. The average Bonchev–Trinajstić information content (AvgIpc) is 3.45. The summed E-state index contributed by atoms with van der Waals surface area (Å²) < 4.78 is 7.35. The minimum Gasteiger partial charge on any atom is -0.497 e. The van der Waals surface area contributed by atoms with E-state index in [9.17, 15) is 0 Å². The van der Waals surface area contributed by atoms with E-state index in [2.05, 4.69) is 68.3 Å². The van der Waals surface area contributed by atoms with Crippen molar-refractivity contribution in [2.24, 2.45) is 4.99 Å². The standard InChI is InChI=1S/C24H30N6O/c1-3-23-28-27-18-29(23)17-15-26-24(30-16-13-20-6-4-5-7-22(20)30)25-14-12-19-8-10-21(31-2)11-9-19/h4-11,18H,3,12-17H2,1-2H3,(H,25,26). The molecular weight excluding hydrogens is 388 g/mol. The van der Waals surface area contributed by atoms with Crippen LogP contribution >= 0.6 is 0 Å². The zero-order chi connectivity index (χ0) is 21.5. The Morgan fingerprint density at radius 3 is 2.81 bits per heavy atom. The van der Waals surface area contributed by atoms with Gasteiger partial charge in [0, 0.05) is 38.3 Å². The molecule has 7 nitrogen and oxygen atoms in total. The summed E-state index contributed by atoms with van der Waals surface area (Å²) in [5.74, 6) is 2.82. The summed E-state index contributed by atoms with van der Waals surface area (Å²) in [6.45, 7) is 5.34. The molecule has 0 bridgehead atoms. The van der Waals surface area contributed by atoms with E-state index >= 15 is 0 Å². The van der Waals surface area contributed by atoms with Gasteiger partial charge >= 0.3 is 0 Å². The maximum absolute atomic E-state index is 5.25. The summed E-state index contributed by atoms with van der Waals surface area (Å²) in [6, 6.07) is 16.8. The molecule has 0 fully saturated rings. The SMILES string of the molecule is CCc1nncn1CCNC(=NCCc1ccc(OC)cc1)N1CCc2ccccc21. The third-order valence-electron chi connectivity index (χ3n) is 5.61. The van der Waals surface area contributed by atoms with Crippen molar-refractivity contribution in [2.75, 3.05) is 31.6 Å². The monoisotopic (exact) mass is 418 g/mol. The van der Waals surface area contributed by atoms with Crippen molar-refractivity contribution in [3.63, 3.8) is 0 Å². The Morgan fingerprint density at radius 2 is 2.00 bits per heavy atom. The third-order valence-corrected chi connectivity index (χ3v) is 5.61. The second kappa shape index (κ2) is 10.1. The first kappa shape index (κ1) is 20.9. The largest absolute Gasteiger partial charge is 0.497 e. The number of ether oxygens (including phenoxy) is 1. The van der Waals surface area contributed by atoms with Crippen molar-refractivity contribution in [3.8, 4) is 5.75 Å². The highest BCUT2D eigenvalue weighted by Gasteiger charge is 2.22. The van der Waals surface area contributed by atoms with Gasteiger partial charge in [-0.05, 0) is 42.2 Å². The molecule has 1 aliphatic rings. The van der Waals surface area contributed by atoms with Crippen molar-refractivity contribution in [1.29, 1.82) is 0 Å². The summed E-state index contributed by atoms with van der Waals surface area (Å²) in [5.41, 5.74) is 3.87. The van der Waals surface area contributed by atoms with E-state index in [0.717, 1.165) is 63.0 Å². The Balaban J connectivity index is 1.44. The van der Waals surface area contributed by atoms with E-state index in [0.29, 0.717) is 0 Å². The molecule has 2 aromatic carbocycles. The number of aliphatic imine (C=N–C) groups is 1. The van der Waals surface area contributed by atoms with E-state index in [1.807, 2.05) is 12.1 Å². The normalized spacial score (nSPS) is 13.4. The number of aromatic nitrogens is 3. The van der Waals surface area contributed by atoms with E-state index in [-0.39, 0.29) is 0 Å². The first-order chi connectivity index (χ1) is 15.3. The number of guanidine groups is 1. The van der Waals surface area contributed by atoms with Gasteiger partial charge in [-0.25, -0.2) is 0 Å². The molecule has 0 spiro atoms. The molecule has 31 heavy (non-hydrogen) atoms. The highest BCUT2D eigenvalue weighted by Crippen LogP contribution is 2.27. The summed E-state index contributed by atoms with van der Waals surface area (Å²) >= 11 is 0. The van der Waals surface area contributed by atoms with Crippen LogP contribution in [0.3, 0.4) is 0 Å². The van der Waals surface area contributed by atoms with Crippen molar-refractivity contribution >= 4 is 11.6 Å². The number of aryl methyl sites for hydroxylation is 1. The molecule has 0 amide bonds. The van der Waals surface area contributed by atoms with Crippen LogP contribution in [0, 0.1) is 0 Å². The quantitative estimate of drug-likeness (QED) is 0.450. The number of methoxy groups -OCH3 is 1. The molecule has 0 saturated heterocycles. The van der Waals surface area contributed by atoms with E-state index < -0.39 is 0 Å². The summed E-state index contributed by atoms with van der Waals surface area (Å²) in [5, 5.41) is 11.8. The Kier molecular flexibility index (Phi) is 6.82. The molecule has 7 heteroatoms. The lowest BCUT2D eigenvalue weighted by atomic mass is 10.1. The minimum absolute atomic E-state index is 0.722. The molecular formula is C24H30N6O. The van der Waals surface area contributed by atoms with Gasteiger partial charge in [-0.3, -0.25) is 4.99 Å². The fourth-order valence-corrected chi connectivity index (χ4v) is 3.91. The Hall–Kier alpha value is -3.35. The smallest absolute Gasteiger partial charge is 0.198 e. The lowest BCUT2D eigenvalue weighted by Crippen LogP contribution is -2.42. The van der Waals surface area contributed by atoms with Crippen LogP contribution in [0.25, 0.3) is 0 Å². The van der Waals surface area contributed by atoms with Crippen LogP contribution in [-0.4, -0.2) is 47.5 Å². The fourth-order valence-electron chi connectivity index (χ4n) is 3.91. The van der Waals surface area contributed by atoms with Gasteiger partial charge < -0.3 is 19.5 Å². The van der Waals surface area contributed by atoms with Crippen molar-refractivity contribution in [2.45, 2.75) is 32.7 Å². The topological polar surface area (TPSA) is 67.6 Å². The number of nitrogens with one attached hydrogen (secondary N) is 1. The maximum Gasteiger partial charge on any atom is 0.198 e. The second-order valence-corrected chi connectivity index (χ2v) is 7.55. The Morgan fingerprint density at radius 1 is 1.16 bits per heavy atom. The predicted octanol–water partition coefficient (Wildman–Crippen LogP) is 3.10. The number of hydrogen-bond donors (Lipinski definition) is 1. The zero-order valence-corrected chi connectivity index (χ0v) is 18.3. The van der Waals surface area contributed by atoms with E-state index in [4.69, 9.17) is 9.73 Å². The van der Waals surface area contributed by atoms with Crippen LogP contribution in [0.2, 0.25) is 0 Å². The average molecular weight is 419 g/mol. The third kappa shape index (κ3) is 5.05. The molecule has 0 aliphatic carbocycles. The van der Waals surface area contributed by atoms with E-state index in [1.54, 1.807) is 13.4 Å². The fraction of sp³-hybridized carbons (Fsp3) is 0.375. The van der Waals surface area contributed by atoms with Crippen LogP contribution < -0.4 is 15.0 Å². The highest BCUT2D eigenvalue weighted by molar-refractivity contribution is 5.98. The number of fused-ring (bicyclic) bond motifs is 1. The summed E-state index contributed by atoms with van der Waals surface area (Å²) in [6.07, 6.45) is 4.60. The van der Waals surface area contributed by atoms with Gasteiger partial charge in [-0.15, -0.1) is 10.2 Å². The number of para-hydroxylation sites is 1. The highest BCUT2D eigenvalue weighted by atomic mass is 16.5. The molecule has 0 unspecified atom stereocenters. The maximum atomic E-state index is 5.25. The van der Waals surface area contributed by atoms with Gasteiger partial charge in [0.25, 0.3) is 0 Å². The van der Waals surface area contributed by atoms with Gasteiger partial charge in [0.15, 0.2) is 5.96 Å². The van der Waals surface area contributed by atoms with Crippen LogP contribution in [0.1, 0.15) is 23.9 Å². The summed E-state index contributed by atoms with van der Waals surface area (Å²) in [7, 11) is 1.69. The van der Waals surface area contributed by atoms with Crippen LogP contribution in [0.15, 0.2) is 59.9 Å². The summed E-state index contributed by atoms with van der Waals surface area (Å²) in [4.78, 5) is 7.27. The minimum atomic E-state index is 0.722. The molecule has 1 aliphatic heterocycles. The first-order valence-electron chi connectivity index (χ1n) is 10.9. The molecule has 1 aromatic heterocycles. The zero-order valence-electron chi connectivity index (χ0n) is 18.3. The molecule has 4 rings (SSSR count). The molecule has 0 saturated carbocycles. The molecule has 0 radical (unpaired) electrons. The molecule has 162 valence electrons. The number of anilines is 1. The molecule has 1 N–H and O–H groups in total. The number of hydrogen-bond acceptors (Lipinski definition) is 4. The number of rotatable bonds is 8. The number of nitrogens with zero attached hydrogens (tertiary/aromatic N) is 5. The van der Waals surface area contributed by atoms with Gasteiger partial charge in [0.2, 0.25) is 0 Å². The van der Waals surface area contributed by atoms with Gasteiger partial charge in [0.1, 0.15) is 17.9 Å². The predicted molar refractivity (Wildman–Crippen MR) is 124 cm³/mol. The molecule has 2 heterocycles. The van der Waals surface area contributed by atoms with Crippen LogP contribution in [0.4, 0.5) is 5.69 Å². The molecule has 0 atom stereocenters. The van der Waals surface area contributed by atoms with Crippen LogP contribution in [0.5, 0.6) is 5.75 Å². The van der Waals surface area contributed by atoms with Crippen molar-refractivity contribution in [1.82, 2.24) is 20.1 Å². The lowest BCUT2D eigenvalue weighted by Gasteiger charge is -2.23. The van der Waals surface area contributed by atoms with Gasteiger partial charge in [-0.1, -0.05) is 37.3 Å². The van der Waals surface area contributed by atoms with E-state index in [1.165, 1.54) is 16.8 Å². The van der Waals surface area contributed by atoms with Crippen molar-refractivity contribution in [3.05, 3.63) is 71.8 Å². The van der Waals surface area contributed by atoms with Crippen LogP contribution in [-0.2, 0) is 25.8 Å².